The highest BCUT2D eigenvalue weighted by molar-refractivity contribution is 7.99. The van der Waals surface area contributed by atoms with Crippen LogP contribution in [0.1, 0.15) is 11.1 Å². The molecule has 0 heterocycles. The number of benzene rings is 2. The van der Waals surface area contributed by atoms with E-state index in [2.05, 4.69) is 0 Å². The fourth-order valence-corrected chi connectivity index (χ4v) is 2.64. The van der Waals surface area contributed by atoms with Crippen LogP contribution in [-0.2, 0) is 6.61 Å². The first-order chi connectivity index (χ1) is 11.4. The SMILES string of the molecule is COc1cc(COc2cc(C)ccc2[N+](=O)[O-])ccc1SC(F)F. The molecule has 0 aliphatic carbocycles. The third kappa shape index (κ3) is 4.58. The Balaban J connectivity index is 2.18. The number of hydrogen-bond donors (Lipinski definition) is 0. The number of ether oxygens (including phenoxy) is 2. The lowest BCUT2D eigenvalue weighted by atomic mass is 10.2. The van der Waals surface area contributed by atoms with Gasteiger partial charge in [-0.25, -0.2) is 0 Å². The third-order valence-corrected chi connectivity index (χ3v) is 3.92. The normalized spacial score (nSPS) is 10.7. The number of alkyl halides is 2. The molecule has 128 valence electrons. The minimum absolute atomic E-state index is 0.0558. The van der Waals surface area contributed by atoms with E-state index in [0.717, 1.165) is 5.56 Å². The molecular weight excluding hydrogens is 340 g/mol. The summed E-state index contributed by atoms with van der Waals surface area (Å²) in [5.41, 5.74) is 1.36. The molecule has 5 nitrogen and oxygen atoms in total. The van der Waals surface area contributed by atoms with Crippen molar-refractivity contribution in [1.29, 1.82) is 0 Å². The number of halogens is 2. The summed E-state index contributed by atoms with van der Waals surface area (Å²) in [4.78, 5) is 10.8. The van der Waals surface area contributed by atoms with Gasteiger partial charge < -0.3 is 9.47 Å². The summed E-state index contributed by atoms with van der Waals surface area (Å²) in [7, 11) is 1.39. The van der Waals surface area contributed by atoms with Crippen LogP contribution in [0, 0.1) is 17.0 Å². The van der Waals surface area contributed by atoms with E-state index < -0.39 is 10.7 Å². The van der Waals surface area contributed by atoms with E-state index in [1.807, 2.05) is 0 Å². The molecule has 0 fully saturated rings. The average Bonchev–Trinajstić information content (AvgIpc) is 2.53. The second-order valence-corrected chi connectivity index (χ2v) is 5.91. The lowest BCUT2D eigenvalue weighted by Crippen LogP contribution is -2.00. The molecule has 2 rings (SSSR count). The van der Waals surface area contributed by atoms with Gasteiger partial charge in [-0.1, -0.05) is 23.9 Å². The van der Waals surface area contributed by atoms with Gasteiger partial charge in [0.1, 0.15) is 12.4 Å². The largest absolute Gasteiger partial charge is 0.496 e. The highest BCUT2D eigenvalue weighted by Crippen LogP contribution is 2.34. The molecule has 0 unspecified atom stereocenters. The van der Waals surface area contributed by atoms with Gasteiger partial charge in [-0.2, -0.15) is 8.78 Å². The Labute approximate surface area is 141 Å². The van der Waals surface area contributed by atoms with Crippen molar-refractivity contribution in [2.75, 3.05) is 7.11 Å². The molecule has 0 saturated heterocycles. The Morgan fingerprint density at radius 3 is 2.58 bits per heavy atom. The second kappa shape index (κ2) is 7.96. The number of nitro benzene ring substituents is 1. The molecule has 0 aliphatic rings. The average molecular weight is 355 g/mol. The van der Waals surface area contributed by atoms with E-state index in [4.69, 9.17) is 9.47 Å². The van der Waals surface area contributed by atoms with E-state index in [0.29, 0.717) is 28.0 Å². The molecule has 0 radical (unpaired) electrons. The van der Waals surface area contributed by atoms with Crippen molar-refractivity contribution in [3.63, 3.8) is 0 Å². The third-order valence-electron chi connectivity index (χ3n) is 3.15. The quantitative estimate of drug-likeness (QED) is 0.405. The molecule has 2 aromatic rings. The van der Waals surface area contributed by atoms with Gasteiger partial charge in [0, 0.05) is 6.07 Å². The molecule has 8 heteroatoms. The summed E-state index contributed by atoms with van der Waals surface area (Å²) < 4.78 is 35.6. The van der Waals surface area contributed by atoms with Gasteiger partial charge in [0.25, 0.3) is 5.76 Å². The van der Waals surface area contributed by atoms with Crippen molar-refractivity contribution in [3.05, 3.63) is 57.6 Å². The number of methoxy groups -OCH3 is 1. The number of rotatable bonds is 7. The molecule has 0 spiro atoms. The predicted molar refractivity (Wildman–Crippen MR) is 87.0 cm³/mol. The molecule has 0 bridgehead atoms. The van der Waals surface area contributed by atoms with Crippen molar-refractivity contribution in [1.82, 2.24) is 0 Å². The van der Waals surface area contributed by atoms with Gasteiger partial charge in [-0.05, 0) is 36.2 Å². The maximum atomic E-state index is 12.5. The fourth-order valence-electron chi connectivity index (χ4n) is 2.04. The minimum Gasteiger partial charge on any atom is -0.496 e. The zero-order chi connectivity index (χ0) is 17.7. The summed E-state index contributed by atoms with van der Waals surface area (Å²) in [6.45, 7) is 1.86. The Hall–Kier alpha value is -2.35. The predicted octanol–water partition coefficient (Wildman–Crippen LogP) is 4.81. The molecule has 0 amide bonds. The summed E-state index contributed by atoms with van der Waals surface area (Å²) in [5.74, 6) is -2.08. The minimum atomic E-state index is -2.55. The van der Waals surface area contributed by atoms with Crippen LogP contribution in [0.3, 0.4) is 0 Å². The van der Waals surface area contributed by atoms with Crippen LogP contribution >= 0.6 is 11.8 Å². The fraction of sp³-hybridized carbons (Fsp3) is 0.250. The van der Waals surface area contributed by atoms with Crippen molar-refractivity contribution in [2.45, 2.75) is 24.2 Å². The van der Waals surface area contributed by atoms with Crippen molar-refractivity contribution in [2.24, 2.45) is 0 Å². The van der Waals surface area contributed by atoms with Crippen molar-refractivity contribution >= 4 is 17.4 Å². The molecule has 0 aliphatic heterocycles. The lowest BCUT2D eigenvalue weighted by molar-refractivity contribution is -0.386. The summed E-state index contributed by atoms with van der Waals surface area (Å²) in [5, 5.41) is 11.0. The molecule has 24 heavy (non-hydrogen) atoms. The molecule has 0 aromatic heterocycles. The Kier molecular flexibility index (Phi) is 5.97. The maximum absolute atomic E-state index is 12.5. The van der Waals surface area contributed by atoms with Crippen LogP contribution in [-0.4, -0.2) is 17.8 Å². The number of nitrogens with zero attached hydrogens (tertiary/aromatic N) is 1. The van der Waals surface area contributed by atoms with E-state index in [1.165, 1.54) is 19.2 Å². The first-order valence-corrected chi connectivity index (χ1v) is 7.78. The van der Waals surface area contributed by atoms with Crippen LogP contribution < -0.4 is 9.47 Å². The summed E-state index contributed by atoms with van der Waals surface area (Å²) in [6, 6.07) is 9.30. The monoisotopic (exact) mass is 355 g/mol. The zero-order valence-corrected chi connectivity index (χ0v) is 13.8. The number of aryl methyl sites for hydroxylation is 1. The highest BCUT2D eigenvalue weighted by Gasteiger charge is 2.16. The number of hydrogen-bond acceptors (Lipinski definition) is 5. The van der Waals surface area contributed by atoms with Gasteiger partial charge in [-0.3, -0.25) is 10.1 Å². The topological polar surface area (TPSA) is 61.6 Å². The van der Waals surface area contributed by atoms with Crippen LogP contribution in [0.2, 0.25) is 0 Å². The van der Waals surface area contributed by atoms with Gasteiger partial charge in [0.15, 0.2) is 5.75 Å². The van der Waals surface area contributed by atoms with Crippen LogP contribution in [0.4, 0.5) is 14.5 Å². The zero-order valence-electron chi connectivity index (χ0n) is 13.0. The molecular formula is C16H15F2NO4S. The molecule has 0 atom stereocenters. The molecule has 2 aromatic carbocycles. The van der Waals surface area contributed by atoms with Gasteiger partial charge >= 0.3 is 5.69 Å². The molecule has 0 saturated carbocycles. The van der Waals surface area contributed by atoms with Crippen LogP contribution in [0.15, 0.2) is 41.3 Å². The Morgan fingerprint density at radius 2 is 1.96 bits per heavy atom. The first kappa shape index (κ1) is 18.0. The smallest absolute Gasteiger partial charge is 0.310 e. The standard InChI is InChI=1S/C16H15F2NO4S/c1-10-3-5-12(19(20)21)13(7-10)23-9-11-4-6-15(24-16(17)18)14(8-11)22-2/h3-8,16H,9H2,1-2H3. The lowest BCUT2D eigenvalue weighted by Gasteiger charge is -2.11. The second-order valence-electron chi connectivity index (χ2n) is 4.88. The van der Waals surface area contributed by atoms with Crippen molar-refractivity contribution in [3.8, 4) is 11.5 Å². The van der Waals surface area contributed by atoms with E-state index in [1.54, 1.807) is 31.2 Å². The summed E-state index contributed by atoms with van der Waals surface area (Å²) in [6.07, 6.45) is 0. The Morgan fingerprint density at radius 1 is 1.21 bits per heavy atom. The van der Waals surface area contributed by atoms with E-state index in [9.17, 15) is 18.9 Å². The summed E-state index contributed by atoms with van der Waals surface area (Å²) >= 11 is 0.393. The number of nitro groups is 1. The van der Waals surface area contributed by atoms with Gasteiger partial charge in [0.2, 0.25) is 0 Å². The maximum Gasteiger partial charge on any atom is 0.310 e. The van der Waals surface area contributed by atoms with Gasteiger partial charge in [-0.15, -0.1) is 0 Å². The van der Waals surface area contributed by atoms with E-state index in [-0.39, 0.29) is 18.0 Å². The van der Waals surface area contributed by atoms with Crippen LogP contribution in [0.5, 0.6) is 11.5 Å². The Bertz CT molecular complexity index is 740. The highest BCUT2D eigenvalue weighted by atomic mass is 32.2. The van der Waals surface area contributed by atoms with Crippen molar-refractivity contribution < 1.29 is 23.2 Å². The molecule has 0 N–H and O–H groups in total. The number of thioether (sulfide) groups is 1. The van der Waals surface area contributed by atoms with E-state index >= 15 is 0 Å². The van der Waals surface area contributed by atoms with Gasteiger partial charge in [0.05, 0.1) is 16.9 Å². The van der Waals surface area contributed by atoms with Crippen LogP contribution in [0.25, 0.3) is 0 Å². The first-order valence-electron chi connectivity index (χ1n) is 6.90.